The van der Waals surface area contributed by atoms with E-state index in [4.69, 9.17) is 0 Å². The molecule has 1 N–H and O–H groups in total. The van der Waals surface area contributed by atoms with Gasteiger partial charge in [-0.15, -0.1) is 22.7 Å². The van der Waals surface area contributed by atoms with Crippen molar-refractivity contribution >= 4 is 22.7 Å². The summed E-state index contributed by atoms with van der Waals surface area (Å²) in [7, 11) is 2.24. The Bertz CT molecular complexity index is 500. The zero-order chi connectivity index (χ0) is 13.1. The molecule has 2 aromatic rings. The fraction of sp³-hybridized carbons (Fsp3) is 0.467. The third kappa shape index (κ3) is 3.66. The van der Waals surface area contributed by atoms with Crippen LogP contribution in [0.1, 0.15) is 17.7 Å². The van der Waals surface area contributed by atoms with Crippen molar-refractivity contribution in [2.45, 2.75) is 25.4 Å². The van der Waals surface area contributed by atoms with E-state index in [1.165, 1.54) is 28.2 Å². The highest BCUT2D eigenvalue weighted by molar-refractivity contribution is 7.14. The molecule has 0 bridgehead atoms. The highest BCUT2D eigenvalue weighted by Crippen LogP contribution is 2.29. The molecule has 19 heavy (non-hydrogen) atoms. The van der Waals surface area contributed by atoms with Gasteiger partial charge in [0.05, 0.1) is 0 Å². The summed E-state index contributed by atoms with van der Waals surface area (Å²) in [4.78, 5) is 5.27. The minimum Gasteiger partial charge on any atom is -0.311 e. The second-order valence-corrected chi connectivity index (χ2v) is 7.11. The van der Waals surface area contributed by atoms with E-state index in [2.05, 4.69) is 46.2 Å². The van der Waals surface area contributed by atoms with Crippen molar-refractivity contribution in [2.75, 3.05) is 20.1 Å². The maximum Gasteiger partial charge on any atom is 0.0351 e. The first-order chi connectivity index (χ1) is 9.33. The van der Waals surface area contributed by atoms with E-state index in [9.17, 15) is 0 Å². The van der Waals surface area contributed by atoms with Gasteiger partial charge in [-0.1, -0.05) is 6.07 Å². The Morgan fingerprint density at radius 3 is 3.00 bits per heavy atom. The highest BCUT2D eigenvalue weighted by Gasteiger charge is 2.25. The Balaban J connectivity index is 1.43. The monoisotopic (exact) mass is 292 g/mol. The summed E-state index contributed by atoms with van der Waals surface area (Å²) < 4.78 is 0. The number of likely N-dealkylation sites (N-methyl/N-ethyl adjacent to an activating group) is 1. The third-order valence-corrected chi connectivity index (χ3v) is 5.43. The fourth-order valence-electron chi connectivity index (χ4n) is 2.21. The lowest BCUT2D eigenvalue weighted by atomic mass is 10.2. The highest BCUT2D eigenvalue weighted by atomic mass is 32.1. The van der Waals surface area contributed by atoms with Crippen LogP contribution in [-0.4, -0.2) is 31.1 Å². The normalized spacial score (nSPS) is 15.3. The molecule has 0 spiro atoms. The van der Waals surface area contributed by atoms with E-state index in [-0.39, 0.29) is 0 Å². The number of nitrogens with zero attached hydrogens (tertiary/aromatic N) is 1. The Hall–Kier alpha value is -0.680. The standard InChI is InChI=1S/C15H20N2S2/c1-17(13-4-5-13)7-6-16-10-14-9-12(11-19-14)15-3-2-8-18-15/h2-3,8-9,11,13,16H,4-7,10H2,1H3. The molecule has 0 aromatic carbocycles. The minimum absolute atomic E-state index is 0.869. The first kappa shape index (κ1) is 13.3. The van der Waals surface area contributed by atoms with Crippen LogP contribution in [0.4, 0.5) is 0 Å². The molecule has 2 aromatic heterocycles. The van der Waals surface area contributed by atoms with Crippen molar-refractivity contribution in [1.82, 2.24) is 10.2 Å². The Kier molecular flexibility index (Phi) is 4.33. The Morgan fingerprint density at radius 1 is 1.37 bits per heavy atom. The molecule has 0 radical (unpaired) electrons. The quantitative estimate of drug-likeness (QED) is 0.784. The molecule has 0 aliphatic heterocycles. The van der Waals surface area contributed by atoms with Crippen molar-refractivity contribution < 1.29 is 0 Å². The molecular formula is C15H20N2S2. The average Bonchev–Trinajstić information content (AvgIpc) is 2.93. The van der Waals surface area contributed by atoms with Gasteiger partial charge in [-0.25, -0.2) is 0 Å². The third-order valence-electron chi connectivity index (χ3n) is 3.57. The van der Waals surface area contributed by atoms with E-state index in [0.29, 0.717) is 0 Å². The van der Waals surface area contributed by atoms with Gasteiger partial charge in [0, 0.05) is 41.0 Å². The SMILES string of the molecule is CN(CCNCc1cc(-c2cccs2)cs1)C1CC1. The van der Waals surface area contributed by atoms with Gasteiger partial charge in [0.15, 0.2) is 0 Å². The number of hydrogen-bond acceptors (Lipinski definition) is 4. The van der Waals surface area contributed by atoms with Crippen LogP contribution in [0.3, 0.4) is 0 Å². The summed E-state index contributed by atoms with van der Waals surface area (Å²) in [6.45, 7) is 3.24. The fourth-order valence-corrected chi connectivity index (χ4v) is 3.85. The molecular weight excluding hydrogens is 272 g/mol. The first-order valence-corrected chi connectivity index (χ1v) is 8.61. The predicted molar refractivity (Wildman–Crippen MR) is 85.0 cm³/mol. The van der Waals surface area contributed by atoms with Crippen molar-refractivity contribution in [3.8, 4) is 10.4 Å². The molecule has 0 atom stereocenters. The Morgan fingerprint density at radius 2 is 2.26 bits per heavy atom. The van der Waals surface area contributed by atoms with Crippen LogP contribution in [0.25, 0.3) is 10.4 Å². The Labute approximate surface area is 123 Å². The van der Waals surface area contributed by atoms with E-state index in [0.717, 1.165) is 25.7 Å². The van der Waals surface area contributed by atoms with Crippen LogP contribution in [0, 0.1) is 0 Å². The van der Waals surface area contributed by atoms with Gasteiger partial charge in [0.25, 0.3) is 0 Å². The molecule has 1 fully saturated rings. The molecule has 3 rings (SSSR count). The molecule has 102 valence electrons. The zero-order valence-electron chi connectivity index (χ0n) is 11.3. The summed E-state index contributed by atoms with van der Waals surface area (Å²) >= 11 is 3.67. The number of thiophene rings is 2. The van der Waals surface area contributed by atoms with Gasteiger partial charge < -0.3 is 10.2 Å². The van der Waals surface area contributed by atoms with Gasteiger partial charge in [0.2, 0.25) is 0 Å². The van der Waals surface area contributed by atoms with Gasteiger partial charge >= 0.3 is 0 Å². The lowest BCUT2D eigenvalue weighted by Gasteiger charge is -2.15. The van der Waals surface area contributed by atoms with Crippen molar-refractivity contribution in [3.63, 3.8) is 0 Å². The molecule has 2 nitrogen and oxygen atoms in total. The second-order valence-electron chi connectivity index (χ2n) is 5.17. The van der Waals surface area contributed by atoms with Gasteiger partial charge in [-0.3, -0.25) is 0 Å². The molecule has 1 aliphatic rings. The largest absolute Gasteiger partial charge is 0.311 e. The van der Waals surface area contributed by atoms with Crippen molar-refractivity contribution in [3.05, 3.63) is 33.8 Å². The number of nitrogens with one attached hydrogen (secondary N) is 1. The van der Waals surface area contributed by atoms with Crippen LogP contribution in [0.15, 0.2) is 29.0 Å². The molecule has 0 unspecified atom stereocenters. The molecule has 1 saturated carbocycles. The van der Waals surface area contributed by atoms with E-state index >= 15 is 0 Å². The van der Waals surface area contributed by atoms with E-state index in [1.807, 2.05) is 22.7 Å². The topological polar surface area (TPSA) is 15.3 Å². The summed E-state index contributed by atoms with van der Waals surface area (Å²) in [5.74, 6) is 0. The van der Waals surface area contributed by atoms with Gasteiger partial charge in [-0.05, 0) is 42.8 Å². The predicted octanol–water partition coefficient (Wildman–Crippen LogP) is 3.66. The van der Waals surface area contributed by atoms with Crippen LogP contribution in [-0.2, 0) is 6.54 Å². The maximum atomic E-state index is 3.55. The molecule has 1 aliphatic carbocycles. The zero-order valence-corrected chi connectivity index (χ0v) is 12.9. The van der Waals surface area contributed by atoms with Crippen LogP contribution >= 0.6 is 22.7 Å². The van der Waals surface area contributed by atoms with Crippen LogP contribution in [0.2, 0.25) is 0 Å². The lowest BCUT2D eigenvalue weighted by molar-refractivity contribution is 0.322. The maximum absolute atomic E-state index is 3.55. The number of hydrogen-bond donors (Lipinski definition) is 1. The first-order valence-electron chi connectivity index (χ1n) is 6.85. The van der Waals surface area contributed by atoms with Crippen LogP contribution in [0.5, 0.6) is 0 Å². The van der Waals surface area contributed by atoms with E-state index < -0.39 is 0 Å². The van der Waals surface area contributed by atoms with E-state index in [1.54, 1.807) is 0 Å². The summed E-state index contributed by atoms with van der Waals surface area (Å²) in [6, 6.07) is 7.49. The smallest absolute Gasteiger partial charge is 0.0351 e. The minimum atomic E-state index is 0.869. The molecule has 0 amide bonds. The summed E-state index contributed by atoms with van der Waals surface area (Å²) in [6.07, 6.45) is 2.79. The van der Waals surface area contributed by atoms with Crippen LogP contribution < -0.4 is 5.32 Å². The molecule has 2 heterocycles. The molecule has 4 heteroatoms. The lowest BCUT2D eigenvalue weighted by Crippen LogP contribution is -2.30. The summed E-state index contributed by atoms with van der Waals surface area (Å²) in [5.41, 5.74) is 1.37. The second kappa shape index (κ2) is 6.18. The average molecular weight is 292 g/mol. The summed E-state index contributed by atoms with van der Waals surface area (Å²) in [5, 5.41) is 7.95. The van der Waals surface area contributed by atoms with Gasteiger partial charge in [-0.2, -0.15) is 0 Å². The van der Waals surface area contributed by atoms with Crippen molar-refractivity contribution in [2.24, 2.45) is 0 Å². The van der Waals surface area contributed by atoms with Gasteiger partial charge in [0.1, 0.15) is 0 Å². The molecule has 0 saturated heterocycles. The van der Waals surface area contributed by atoms with Crippen molar-refractivity contribution in [1.29, 1.82) is 0 Å². The number of rotatable bonds is 7.